The van der Waals surface area contributed by atoms with Crippen LogP contribution in [0, 0.1) is 11.8 Å². The van der Waals surface area contributed by atoms with E-state index in [2.05, 4.69) is 37.8 Å². The van der Waals surface area contributed by atoms with E-state index in [1.54, 1.807) is 0 Å². The van der Waals surface area contributed by atoms with Crippen molar-refractivity contribution in [3.05, 3.63) is 0 Å². The average molecular weight is 325 g/mol. The maximum atomic E-state index is 6.41. The van der Waals surface area contributed by atoms with Crippen LogP contribution in [0.2, 0.25) is 0 Å². The summed E-state index contributed by atoms with van der Waals surface area (Å²) in [5.41, 5.74) is 0. The number of hydrogen-bond acceptors (Lipinski definition) is 4. The minimum Gasteiger partial charge on any atom is -0.470 e. The van der Waals surface area contributed by atoms with Crippen LogP contribution in [0.3, 0.4) is 0 Å². The number of rotatable bonds is 8. The number of ether oxygens (including phenoxy) is 1. The van der Waals surface area contributed by atoms with Crippen molar-refractivity contribution >= 4 is 5.90 Å². The SMILES string of the molecule is CCCC(CCC)C1=NOC(C(C)C)C(CN2CCCCC2)O1. The Morgan fingerprint density at radius 1 is 1.09 bits per heavy atom. The van der Waals surface area contributed by atoms with Crippen LogP contribution in [-0.2, 0) is 9.57 Å². The lowest BCUT2D eigenvalue weighted by Gasteiger charge is -2.38. The first kappa shape index (κ1) is 18.6. The Labute approximate surface area is 142 Å². The van der Waals surface area contributed by atoms with E-state index >= 15 is 0 Å². The van der Waals surface area contributed by atoms with Gasteiger partial charge in [0.05, 0.1) is 0 Å². The van der Waals surface area contributed by atoms with Gasteiger partial charge in [-0.15, -0.1) is 0 Å². The van der Waals surface area contributed by atoms with Crippen molar-refractivity contribution in [3.63, 3.8) is 0 Å². The molecular weight excluding hydrogens is 288 g/mol. The van der Waals surface area contributed by atoms with E-state index in [1.165, 1.54) is 32.4 Å². The largest absolute Gasteiger partial charge is 0.470 e. The monoisotopic (exact) mass is 324 g/mol. The minimum atomic E-state index is 0.0737. The maximum absolute atomic E-state index is 6.41. The normalized spacial score (nSPS) is 26.1. The van der Waals surface area contributed by atoms with Crippen LogP contribution in [0.5, 0.6) is 0 Å². The van der Waals surface area contributed by atoms with Gasteiger partial charge >= 0.3 is 0 Å². The molecule has 4 nitrogen and oxygen atoms in total. The summed E-state index contributed by atoms with van der Waals surface area (Å²) in [5.74, 6) is 1.69. The molecule has 0 aliphatic carbocycles. The average Bonchev–Trinajstić information content (AvgIpc) is 2.55. The summed E-state index contributed by atoms with van der Waals surface area (Å²) >= 11 is 0. The molecule has 0 amide bonds. The van der Waals surface area contributed by atoms with Crippen molar-refractivity contribution in [3.8, 4) is 0 Å². The summed E-state index contributed by atoms with van der Waals surface area (Å²) in [5, 5.41) is 4.39. The highest BCUT2D eigenvalue weighted by Gasteiger charge is 2.36. The van der Waals surface area contributed by atoms with Crippen LogP contribution < -0.4 is 0 Å². The van der Waals surface area contributed by atoms with Gasteiger partial charge < -0.3 is 9.57 Å². The number of oxime groups is 1. The van der Waals surface area contributed by atoms with Gasteiger partial charge in [-0.25, -0.2) is 0 Å². The molecule has 0 aromatic carbocycles. The summed E-state index contributed by atoms with van der Waals surface area (Å²) in [6.45, 7) is 12.2. The zero-order chi connectivity index (χ0) is 16.7. The van der Waals surface area contributed by atoms with Crippen molar-refractivity contribution in [2.24, 2.45) is 17.0 Å². The maximum Gasteiger partial charge on any atom is 0.229 e. The van der Waals surface area contributed by atoms with Crippen LogP contribution >= 0.6 is 0 Å². The van der Waals surface area contributed by atoms with Crippen molar-refractivity contribution in [1.82, 2.24) is 4.90 Å². The summed E-state index contributed by atoms with van der Waals surface area (Å²) in [6.07, 6.45) is 8.80. The first-order valence-corrected chi connectivity index (χ1v) is 9.78. The van der Waals surface area contributed by atoms with E-state index in [9.17, 15) is 0 Å². The Bertz CT molecular complexity index is 358. The first-order valence-electron chi connectivity index (χ1n) is 9.78. The lowest BCUT2D eigenvalue weighted by Crippen LogP contribution is -2.49. The zero-order valence-electron chi connectivity index (χ0n) is 15.6. The van der Waals surface area contributed by atoms with Crippen LogP contribution in [0.15, 0.2) is 5.16 Å². The molecule has 2 aliphatic heterocycles. The van der Waals surface area contributed by atoms with Gasteiger partial charge in [-0.3, -0.25) is 4.90 Å². The van der Waals surface area contributed by atoms with Crippen molar-refractivity contribution in [2.75, 3.05) is 19.6 Å². The van der Waals surface area contributed by atoms with Gasteiger partial charge in [0.1, 0.15) is 0 Å². The fraction of sp³-hybridized carbons (Fsp3) is 0.947. The Balaban J connectivity index is 2.03. The lowest BCUT2D eigenvalue weighted by atomic mass is 9.96. The van der Waals surface area contributed by atoms with E-state index in [0.29, 0.717) is 11.8 Å². The fourth-order valence-electron chi connectivity index (χ4n) is 3.77. The van der Waals surface area contributed by atoms with Gasteiger partial charge in [-0.1, -0.05) is 52.1 Å². The number of likely N-dealkylation sites (tertiary alicyclic amines) is 1. The molecule has 0 spiro atoms. The molecular formula is C19H36N2O2. The molecule has 2 aliphatic rings. The fourth-order valence-corrected chi connectivity index (χ4v) is 3.77. The van der Waals surface area contributed by atoms with Crippen LogP contribution in [0.1, 0.15) is 72.6 Å². The lowest BCUT2D eigenvalue weighted by molar-refractivity contribution is -0.0968. The zero-order valence-corrected chi connectivity index (χ0v) is 15.6. The van der Waals surface area contributed by atoms with Crippen molar-refractivity contribution in [2.45, 2.75) is 84.8 Å². The molecule has 1 saturated heterocycles. The molecule has 0 saturated carbocycles. The Morgan fingerprint density at radius 3 is 2.30 bits per heavy atom. The van der Waals surface area contributed by atoms with Gasteiger partial charge in [0.2, 0.25) is 5.90 Å². The first-order chi connectivity index (χ1) is 11.2. The third kappa shape index (κ3) is 5.37. The van der Waals surface area contributed by atoms with Gasteiger partial charge in [0.15, 0.2) is 12.2 Å². The van der Waals surface area contributed by atoms with Crippen molar-refractivity contribution < 1.29 is 9.57 Å². The molecule has 2 rings (SSSR count). The van der Waals surface area contributed by atoms with Gasteiger partial charge in [0.25, 0.3) is 0 Å². The topological polar surface area (TPSA) is 34.1 Å². The van der Waals surface area contributed by atoms with Crippen LogP contribution in [-0.4, -0.2) is 42.6 Å². The number of piperidine rings is 1. The molecule has 4 heteroatoms. The van der Waals surface area contributed by atoms with Gasteiger partial charge in [-0.2, -0.15) is 0 Å². The molecule has 0 aromatic heterocycles. The second-order valence-corrected chi connectivity index (χ2v) is 7.54. The number of hydrogen-bond donors (Lipinski definition) is 0. The molecule has 2 unspecified atom stereocenters. The van der Waals surface area contributed by atoms with Gasteiger partial charge in [-0.05, 0) is 44.7 Å². The highest BCUT2D eigenvalue weighted by Crippen LogP contribution is 2.26. The third-order valence-corrected chi connectivity index (χ3v) is 5.07. The summed E-state index contributed by atoms with van der Waals surface area (Å²) in [6, 6.07) is 0. The highest BCUT2D eigenvalue weighted by molar-refractivity contribution is 5.78. The second kappa shape index (κ2) is 9.51. The third-order valence-electron chi connectivity index (χ3n) is 5.07. The predicted octanol–water partition coefficient (Wildman–Crippen LogP) is 4.44. The molecule has 2 heterocycles. The van der Waals surface area contributed by atoms with Crippen molar-refractivity contribution in [1.29, 1.82) is 0 Å². The minimum absolute atomic E-state index is 0.0737. The highest BCUT2D eigenvalue weighted by atomic mass is 16.7. The van der Waals surface area contributed by atoms with E-state index in [4.69, 9.17) is 9.57 Å². The van der Waals surface area contributed by atoms with E-state index in [0.717, 1.165) is 38.1 Å². The smallest absolute Gasteiger partial charge is 0.229 e. The quantitative estimate of drug-likeness (QED) is 0.662. The Morgan fingerprint density at radius 2 is 1.74 bits per heavy atom. The molecule has 0 bridgehead atoms. The molecule has 2 atom stereocenters. The molecule has 0 aromatic rings. The van der Waals surface area contributed by atoms with Crippen LogP contribution in [0.25, 0.3) is 0 Å². The molecule has 134 valence electrons. The van der Waals surface area contributed by atoms with E-state index in [1.807, 2.05) is 0 Å². The number of nitrogens with zero attached hydrogens (tertiary/aromatic N) is 2. The standard InChI is InChI=1S/C19H36N2O2/c1-5-10-16(11-6-2)19-20-23-18(15(3)4)17(22-19)14-21-12-8-7-9-13-21/h15-18H,5-14H2,1-4H3. The molecule has 1 fully saturated rings. The van der Waals surface area contributed by atoms with Gasteiger partial charge in [0, 0.05) is 12.5 Å². The molecule has 0 N–H and O–H groups in total. The Kier molecular flexibility index (Phi) is 7.68. The predicted molar refractivity (Wildman–Crippen MR) is 95.6 cm³/mol. The molecule has 0 radical (unpaired) electrons. The molecule has 23 heavy (non-hydrogen) atoms. The summed E-state index contributed by atoms with van der Waals surface area (Å²) < 4.78 is 6.41. The van der Waals surface area contributed by atoms with E-state index < -0.39 is 0 Å². The van der Waals surface area contributed by atoms with E-state index in [-0.39, 0.29) is 12.2 Å². The summed E-state index contributed by atoms with van der Waals surface area (Å²) in [4.78, 5) is 8.46. The second-order valence-electron chi connectivity index (χ2n) is 7.54. The Hall–Kier alpha value is -0.770. The van der Waals surface area contributed by atoms with Crippen LogP contribution in [0.4, 0.5) is 0 Å². The summed E-state index contributed by atoms with van der Waals surface area (Å²) in [7, 11) is 0.